The number of anilines is 2. The number of nitrogens with zero attached hydrogens (tertiary/aromatic N) is 2. The monoisotopic (exact) mass is 458 g/mol. The molecule has 0 unspecified atom stereocenters. The molecule has 0 saturated carbocycles. The maximum Gasteiger partial charge on any atom is 0.255 e. The highest BCUT2D eigenvalue weighted by molar-refractivity contribution is 6.31. The number of aromatic nitrogens is 1. The molecule has 2 aromatic carbocycles. The predicted octanol–water partition coefficient (Wildman–Crippen LogP) is 5.37. The molecule has 5 nitrogen and oxygen atoms in total. The molecule has 3 N–H and O–H groups in total. The van der Waals surface area contributed by atoms with Crippen LogP contribution in [0.2, 0.25) is 10.0 Å². The van der Waals surface area contributed by atoms with Crippen LogP contribution in [0.1, 0.15) is 23.2 Å². The zero-order chi connectivity index (χ0) is 22.0. The van der Waals surface area contributed by atoms with Crippen LogP contribution in [0.3, 0.4) is 0 Å². The van der Waals surface area contributed by atoms with Gasteiger partial charge in [-0.25, -0.2) is 4.39 Å². The van der Waals surface area contributed by atoms with E-state index in [0.717, 1.165) is 18.5 Å². The lowest BCUT2D eigenvalue weighted by molar-refractivity contribution is 0.102. The number of piperidine rings is 1. The Kier molecular flexibility index (Phi) is 6.41. The quantitative estimate of drug-likeness (QED) is 0.550. The zero-order valence-electron chi connectivity index (χ0n) is 16.6. The van der Waals surface area contributed by atoms with Crippen molar-refractivity contribution in [1.82, 2.24) is 4.98 Å². The fourth-order valence-electron chi connectivity index (χ4n) is 3.75. The van der Waals surface area contributed by atoms with Gasteiger partial charge in [0.25, 0.3) is 5.91 Å². The maximum absolute atomic E-state index is 14.1. The van der Waals surface area contributed by atoms with E-state index in [2.05, 4.69) is 15.2 Å². The number of pyridine rings is 1. The van der Waals surface area contributed by atoms with E-state index < -0.39 is 5.82 Å². The number of benzene rings is 2. The maximum atomic E-state index is 14.1. The second kappa shape index (κ2) is 9.22. The summed E-state index contributed by atoms with van der Waals surface area (Å²) in [4.78, 5) is 19.3. The summed E-state index contributed by atoms with van der Waals surface area (Å²) in [5.41, 5.74) is 9.07. The SMILES string of the molecule is NC1CCN(c2c(NC(=O)c3cccc(Cl)c3)cncc2-c2cc(F)cc(Cl)c2)CC1. The van der Waals surface area contributed by atoms with E-state index in [1.807, 2.05) is 0 Å². The lowest BCUT2D eigenvalue weighted by Gasteiger charge is -2.34. The summed E-state index contributed by atoms with van der Waals surface area (Å²) >= 11 is 12.1. The largest absolute Gasteiger partial charge is 0.369 e. The van der Waals surface area contributed by atoms with Crippen LogP contribution in [0.5, 0.6) is 0 Å². The summed E-state index contributed by atoms with van der Waals surface area (Å²) in [6.45, 7) is 1.42. The Morgan fingerprint density at radius 3 is 2.58 bits per heavy atom. The minimum Gasteiger partial charge on any atom is -0.369 e. The first-order valence-corrected chi connectivity index (χ1v) is 10.7. The van der Waals surface area contributed by atoms with Gasteiger partial charge in [-0.1, -0.05) is 29.3 Å². The van der Waals surface area contributed by atoms with E-state index in [1.165, 1.54) is 12.1 Å². The minimum atomic E-state index is -0.442. The Labute approximate surface area is 190 Å². The van der Waals surface area contributed by atoms with Gasteiger partial charge < -0.3 is 16.0 Å². The molecule has 4 rings (SSSR count). The molecule has 160 valence electrons. The van der Waals surface area contributed by atoms with Gasteiger partial charge in [0.1, 0.15) is 5.82 Å². The summed E-state index contributed by atoms with van der Waals surface area (Å²) in [6.07, 6.45) is 4.88. The first-order chi connectivity index (χ1) is 14.9. The fraction of sp³-hybridized carbons (Fsp3) is 0.217. The molecule has 0 spiro atoms. The van der Waals surface area contributed by atoms with Gasteiger partial charge in [0.15, 0.2) is 0 Å². The Bertz CT molecular complexity index is 1100. The summed E-state index contributed by atoms with van der Waals surface area (Å²) < 4.78 is 14.1. The van der Waals surface area contributed by atoms with Crippen molar-refractivity contribution in [3.8, 4) is 11.1 Å². The van der Waals surface area contributed by atoms with Crippen LogP contribution in [0.4, 0.5) is 15.8 Å². The molecule has 0 radical (unpaired) electrons. The van der Waals surface area contributed by atoms with Crippen LogP contribution in [0, 0.1) is 5.82 Å². The number of nitrogens with two attached hydrogens (primary N) is 1. The van der Waals surface area contributed by atoms with Crippen LogP contribution in [0.15, 0.2) is 54.9 Å². The lowest BCUT2D eigenvalue weighted by atomic mass is 10.00. The standard InChI is InChI=1S/C23H21Cl2FN4O/c24-16-3-1-2-14(8-16)23(31)29-21-13-28-12-20(15-9-17(25)11-18(26)10-15)22(21)30-6-4-19(27)5-7-30/h1-3,8-13,19H,4-7,27H2,(H,29,31). The molecule has 0 aliphatic carbocycles. The molecular formula is C23H21Cl2FN4O. The van der Waals surface area contributed by atoms with Gasteiger partial charge >= 0.3 is 0 Å². The Balaban J connectivity index is 1.78. The Hall–Kier alpha value is -2.67. The van der Waals surface area contributed by atoms with Crippen molar-refractivity contribution in [3.05, 3.63) is 76.3 Å². The molecule has 0 bridgehead atoms. The van der Waals surface area contributed by atoms with Gasteiger partial charge in [0, 0.05) is 46.5 Å². The van der Waals surface area contributed by atoms with E-state index in [1.54, 1.807) is 42.7 Å². The van der Waals surface area contributed by atoms with Crippen molar-refractivity contribution < 1.29 is 9.18 Å². The van der Waals surface area contributed by atoms with Gasteiger partial charge in [-0.15, -0.1) is 0 Å². The average molecular weight is 459 g/mol. The molecule has 31 heavy (non-hydrogen) atoms. The lowest BCUT2D eigenvalue weighted by Crippen LogP contribution is -2.40. The first kappa shape index (κ1) is 21.6. The normalized spacial score (nSPS) is 14.5. The number of carbonyl (C=O) groups is 1. The number of hydrogen-bond donors (Lipinski definition) is 2. The molecule has 0 atom stereocenters. The third-order valence-electron chi connectivity index (χ3n) is 5.28. The average Bonchev–Trinajstić information content (AvgIpc) is 2.73. The first-order valence-electron chi connectivity index (χ1n) is 9.92. The topological polar surface area (TPSA) is 71.2 Å². The molecule has 8 heteroatoms. The van der Waals surface area contributed by atoms with Crippen LogP contribution in [-0.4, -0.2) is 30.0 Å². The van der Waals surface area contributed by atoms with Crippen molar-refractivity contribution >= 4 is 40.5 Å². The number of halogens is 3. The summed E-state index contributed by atoms with van der Waals surface area (Å²) in [7, 11) is 0. The second-order valence-corrected chi connectivity index (χ2v) is 8.40. The number of nitrogens with one attached hydrogen (secondary N) is 1. The molecule has 1 amide bonds. The number of rotatable bonds is 4. The van der Waals surface area contributed by atoms with E-state index in [-0.39, 0.29) is 17.0 Å². The minimum absolute atomic E-state index is 0.134. The zero-order valence-corrected chi connectivity index (χ0v) is 18.1. The molecule has 1 aliphatic heterocycles. The highest BCUT2D eigenvalue weighted by Crippen LogP contribution is 2.39. The Morgan fingerprint density at radius 1 is 1.10 bits per heavy atom. The third kappa shape index (κ3) is 4.98. The number of hydrogen-bond acceptors (Lipinski definition) is 4. The van der Waals surface area contributed by atoms with E-state index in [4.69, 9.17) is 28.9 Å². The van der Waals surface area contributed by atoms with E-state index >= 15 is 0 Å². The van der Waals surface area contributed by atoms with Gasteiger partial charge in [-0.2, -0.15) is 0 Å². The molecule has 3 aromatic rings. The van der Waals surface area contributed by atoms with Crippen molar-refractivity contribution in [2.45, 2.75) is 18.9 Å². The third-order valence-corrected chi connectivity index (χ3v) is 5.74. The summed E-state index contributed by atoms with van der Waals surface area (Å²) in [5.74, 6) is -0.754. The molecule has 1 saturated heterocycles. The van der Waals surface area contributed by atoms with Crippen LogP contribution in [-0.2, 0) is 0 Å². The van der Waals surface area contributed by atoms with Crippen molar-refractivity contribution in [3.63, 3.8) is 0 Å². The highest BCUT2D eigenvalue weighted by atomic mass is 35.5. The van der Waals surface area contributed by atoms with Gasteiger partial charge in [-0.05, 0) is 54.8 Å². The van der Waals surface area contributed by atoms with E-state index in [9.17, 15) is 9.18 Å². The molecule has 1 aromatic heterocycles. The van der Waals surface area contributed by atoms with Crippen molar-refractivity contribution in [1.29, 1.82) is 0 Å². The smallest absolute Gasteiger partial charge is 0.255 e. The fourth-order valence-corrected chi connectivity index (χ4v) is 4.17. The number of amides is 1. The molecule has 2 heterocycles. The second-order valence-electron chi connectivity index (χ2n) is 7.53. The summed E-state index contributed by atoms with van der Waals surface area (Å²) in [5, 5.41) is 3.70. The molecule has 1 fully saturated rings. The van der Waals surface area contributed by atoms with Crippen molar-refractivity contribution in [2.24, 2.45) is 5.73 Å². The van der Waals surface area contributed by atoms with Crippen LogP contribution >= 0.6 is 23.2 Å². The molecule has 1 aliphatic rings. The number of carbonyl (C=O) groups excluding carboxylic acids is 1. The van der Waals surface area contributed by atoms with Gasteiger partial charge in [0.05, 0.1) is 17.6 Å². The van der Waals surface area contributed by atoms with E-state index in [0.29, 0.717) is 40.5 Å². The van der Waals surface area contributed by atoms with Crippen LogP contribution in [0.25, 0.3) is 11.1 Å². The van der Waals surface area contributed by atoms with Crippen LogP contribution < -0.4 is 16.0 Å². The van der Waals surface area contributed by atoms with Crippen molar-refractivity contribution in [2.75, 3.05) is 23.3 Å². The van der Waals surface area contributed by atoms with Gasteiger partial charge in [0.2, 0.25) is 0 Å². The summed E-state index contributed by atoms with van der Waals surface area (Å²) in [6, 6.07) is 11.2. The molecular weight excluding hydrogens is 438 g/mol. The predicted molar refractivity (Wildman–Crippen MR) is 123 cm³/mol. The highest BCUT2D eigenvalue weighted by Gasteiger charge is 2.24. The van der Waals surface area contributed by atoms with Gasteiger partial charge in [-0.3, -0.25) is 9.78 Å². The Morgan fingerprint density at radius 2 is 1.87 bits per heavy atom.